The van der Waals surface area contributed by atoms with Crippen LogP contribution in [0.4, 0.5) is 0 Å². The van der Waals surface area contributed by atoms with Crippen molar-refractivity contribution in [3.8, 4) is 5.75 Å². The largest absolute Gasteiger partial charge is 0.494 e. The zero-order valence-electron chi connectivity index (χ0n) is 14.3. The molecule has 0 heterocycles. The average molecular weight is 372 g/mol. The number of ether oxygens (including phenoxy) is 1. The monoisotopic (exact) mass is 372 g/mol. The van der Waals surface area contributed by atoms with E-state index in [1.54, 1.807) is 12.1 Å². The first-order chi connectivity index (χ1) is 11.8. The third-order valence-electron chi connectivity index (χ3n) is 3.30. The highest BCUT2D eigenvalue weighted by atomic mass is 32.2. The Hall–Kier alpha value is -2.13. The molecule has 0 saturated heterocycles. The van der Waals surface area contributed by atoms with Gasteiger partial charge in [-0.25, -0.2) is 17.9 Å². The second-order valence-corrected chi connectivity index (χ2v) is 7.07. The maximum Gasteiger partial charge on any atom is 0.326 e. The molecule has 0 radical (unpaired) electrons. The fraction of sp³-hybridized carbons (Fsp3) is 0.500. The van der Waals surface area contributed by atoms with Crippen LogP contribution in [-0.4, -0.2) is 44.6 Å². The van der Waals surface area contributed by atoms with Crippen LogP contribution in [0.15, 0.2) is 29.2 Å². The van der Waals surface area contributed by atoms with Crippen molar-refractivity contribution in [1.82, 2.24) is 10.0 Å². The molecule has 0 aliphatic carbocycles. The predicted molar refractivity (Wildman–Crippen MR) is 91.9 cm³/mol. The molecule has 0 aliphatic heterocycles. The van der Waals surface area contributed by atoms with E-state index in [2.05, 4.69) is 10.0 Å². The number of sulfonamides is 1. The summed E-state index contributed by atoms with van der Waals surface area (Å²) in [6, 6.07) is 4.96. The molecule has 1 aromatic carbocycles. The Morgan fingerprint density at radius 1 is 1.20 bits per heavy atom. The summed E-state index contributed by atoms with van der Waals surface area (Å²) in [5, 5.41) is 11.4. The molecule has 8 nitrogen and oxygen atoms in total. The molecule has 1 atom stereocenters. The van der Waals surface area contributed by atoms with Crippen LogP contribution in [0.2, 0.25) is 0 Å². The number of benzene rings is 1. The number of carbonyl (C=O) groups is 2. The highest BCUT2D eigenvalue weighted by Gasteiger charge is 2.19. The summed E-state index contributed by atoms with van der Waals surface area (Å²) in [5.41, 5.74) is 0. The Labute approximate surface area is 147 Å². The molecule has 0 spiro atoms. The summed E-state index contributed by atoms with van der Waals surface area (Å²) < 4.78 is 31.8. The molecule has 0 fully saturated rings. The van der Waals surface area contributed by atoms with Gasteiger partial charge in [0.25, 0.3) is 0 Å². The Morgan fingerprint density at radius 2 is 1.84 bits per heavy atom. The lowest BCUT2D eigenvalue weighted by molar-refractivity contribution is -0.142. The molecular formula is C16H24N2O6S. The Kier molecular flexibility index (Phi) is 8.36. The number of amides is 1. The minimum Gasteiger partial charge on any atom is -0.494 e. The number of hydrogen-bond donors (Lipinski definition) is 3. The Bertz CT molecular complexity index is 672. The highest BCUT2D eigenvalue weighted by Crippen LogP contribution is 2.15. The maximum absolute atomic E-state index is 12.1. The van der Waals surface area contributed by atoms with E-state index in [4.69, 9.17) is 9.84 Å². The van der Waals surface area contributed by atoms with E-state index in [0.29, 0.717) is 25.2 Å². The zero-order valence-corrected chi connectivity index (χ0v) is 15.1. The Balaban J connectivity index is 2.53. The first-order valence-corrected chi connectivity index (χ1v) is 9.53. The smallest absolute Gasteiger partial charge is 0.326 e. The van der Waals surface area contributed by atoms with Crippen LogP contribution in [0.3, 0.4) is 0 Å². The first-order valence-electron chi connectivity index (χ1n) is 8.04. The Morgan fingerprint density at radius 3 is 2.36 bits per heavy atom. The second kappa shape index (κ2) is 10.00. The first kappa shape index (κ1) is 20.9. The maximum atomic E-state index is 12.1. The molecule has 25 heavy (non-hydrogen) atoms. The number of carbonyl (C=O) groups excluding carboxylic acids is 1. The summed E-state index contributed by atoms with van der Waals surface area (Å²) in [6.07, 6.45) is 0.782. The van der Waals surface area contributed by atoms with Crippen LogP contribution < -0.4 is 14.8 Å². The van der Waals surface area contributed by atoms with Gasteiger partial charge in [-0.1, -0.05) is 13.3 Å². The lowest BCUT2D eigenvalue weighted by Crippen LogP contribution is -2.41. The van der Waals surface area contributed by atoms with E-state index in [0.717, 1.165) is 0 Å². The fourth-order valence-electron chi connectivity index (χ4n) is 2.08. The van der Waals surface area contributed by atoms with Gasteiger partial charge in [-0.15, -0.1) is 0 Å². The van der Waals surface area contributed by atoms with Gasteiger partial charge in [0.1, 0.15) is 11.8 Å². The van der Waals surface area contributed by atoms with Crippen LogP contribution in [0, 0.1) is 0 Å². The standard InChI is InChI=1S/C16H24N2O6S/c1-3-5-14(16(20)21)18-15(19)10-11-17-25(22,23)13-8-6-12(7-9-13)24-4-2/h6-9,14,17H,3-5,10-11H2,1-2H3,(H,18,19)(H,20,21). The molecule has 0 aliphatic rings. The van der Waals surface area contributed by atoms with Crippen LogP contribution in [0.1, 0.15) is 33.1 Å². The SMILES string of the molecule is CCCC(NC(=O)CCNS(=O)(=O)c1ccc(OCC)cc1)C(=O)O. The van der Waals surface area contributed by atoms with E-state index in [1.807, 2.05) is 13.8 Å². The van der Waals surface area contributed by atoms with Gasteiger partial charge in [0.2, 0.25) is 15.9 Å². The molecule has 1 amide bonds. The van der Waals surface area contributed by atoms with E-state index in [1.165, 1.54) is 12.1 Å². The molecule has 1 aromatic rings. The van der Waals surface area contributed by atoms with E-state index >= 15 is 0 Å². The van der Waals surface area contributed by atoms with Crippen molar-refractivity contribution in [1.29, 1.82) is 0 Å². The van der Waals surface area contributed by atoms with Crippen molar-refractivity contribution in [2.24, 2.45) is 0 Å². The van der Waals surface area contributed by atoms with Gasteiger partial charge in [0.15, 0.2) is 0 Å². The zero-order chi connectivity index (χ0) is 18.9. The number of rotatable bonds is 11. The number of nitrogens with one attached hydrogen (secondary N) is 2. The lowest BCUT2D eigenvalue weighted by atomic mass is 10.1. The van der Waals surface area contributed by atoms with Crippen molar-refractivity contribution in [3.05, 3.63) is 24.3 Å². The molecular weight excluding hydrogens is 348 g/mol. The molecule has 0 bridgehead atoms. The van der Waals surface area contributed by atoms with E-state index in [9.17, 15) is 18.0 Å². The molecule has 1 rings (SSSR count). The summed E-state index contributed by atoms with van der Waals surface area (Å²) >= 11 is 0. The molecule has 0 aromatic heterocycles. The minimum absolute atomic E-state index is 0.0609. The number of carboxylic acids is 1. The molecule has 9 heteroatoms. The predicted octanol–water partition coefficient (Wildman–Crippen LogP) is 1.12. The second-order valence-electron chi connectivity index (χ2n) is 5.30. The lowest BCUT2D eigenvalue weighted by Gasteiger charge is -2.13. The van der Waals surface area contributed by atoms with Crippen LogP contribution in [0.25, 0.3) is 0 Å². The summed E-state index contributed by atoms with van der Waals surface area (Å²) in [4.78, 5) is 22.8. The number of aliphatic carboxylic acids is 1. The third kappa shape index (κ3) is 7.10. The normalized spacial score (nSPS) is 12.4. The summed E-state index contributed by atoms with van der Waals surface area (Å²) in [6.45, 7) is 3.99. The van der Waals surface area contributed by atoms with Gasteiger partial charge in [-0.2, -0.15) is 0 Å². The van der Waals surface area contributed by atoms with E-state index < -0.39 is 27.9 Å². The van der Waals surface area contributed by atoms with E-state index in [-0.39, 0.29) is 17.9 Å². The molecule has 140 valence electrons. The average Bonchev–Trinajstić information content (AvgIpc) is 2.55. The van der Waals surface area contributed by atoms with Crippen molar-refractivity contribution in [3.63, 3.8) is 0 Å². The summed E-state index contributed by atoms with van der Waals surface area (Å²) in [7, 11) is -3.74. The topological polar surface area (TPSA) is 122 Å². The third-order valence-corrected chi connectivity index (χ3v) is 4.78. The van der Waals surface area contributed by atoms with Crippen molar-refractivity contribution in [2.75, 3.05) is 13.2 Å². The van der Waals surface area contributed by atoms with Crippen molar-refractivity contribution >= 4 is 21.9 Å². The van der Waals surface area contributed by atoms with Gasteiger partial charge in [0, 0.05) is 13.0 Å². The summed E-state index contributed by atoms with van der Waals surface area (Å²) in [5.74, 6) is -1.06. The van der Waals surface area contributed by atoms with Gasteiger partial charge < -0.3 is 15.2 Å². The number of carboxylic acid groups (broad SMARTS) is 1. The van der Waals surface area contributed by atoms with Gasteiger partial charge in [-0.05, 0) is 37.6 Å². The quantitative estimate of drug-likeness (QED) is 0.535. The van der Waals surface area contributed by atoms with Gasteiger partial charge in [-0.3, -0.25) is 4.79 Å². The van der Waals surface area contributed by atoms with Crippen LogP contribution in [-0.2, 0) is 19.6 Å². The van der Waals surface area contributed by atoms with Crippen LogP contribution >= 0.6 is 0 Å². The highest BCUT2D eigenvalue weighted by molar-refractivity contribution is 7.89. The minimum atomic E-state index is -3.74. The molecule has 0 saturated carbocycles. The number of hydrogen-bond acceptors (Lipinski definition) is 5. The van der Waals surface area contributed by atoms with Crippen molar-refractivity contribution in [2.45, 2.75) is 44.0 Å². The van der Waals surface area contributed by atoms with Crippen molar-refractivity contribution < 1.29 is 27.9 Å². The fourth-order valence-corrected chi connectivity index (χ4v) is 3.11. The van der Waals surface area contributed by atoms with Gasteiger partial charge in [0.05, 0.1) is 11.5 Å². The van der Waals surface area contributed by atoms with Gasteiger partial charge >= 0.3 is 5.97 Å². The molecule has 1 unspecified atom stereocenters. The molecule has 3 N–H and O–H groups in total. The van der Waals surface area contributed by atoms with Crippen LogP contribution in [0.5, 0.6) is 5.75 Å².